The van der Waals surface area contributed by atoms with E-state index < -0.39 is 29.2 Å². The van der Waals surface area contributed by atoms with Crippen molar-refractivity contribution in [2.75, 3.05) is 5.32 Å². The molecule has 0 unspecified atom stereocenters. The number of rotatable bonds is 6. The van der Waals surface area contributed by atoms with E-state index in [9.17, 15) is 22.8 Å². The Morgan fingerprint density at radius 3 is 2.57 bits per heavy atom. The molecule has 152 valence electrons. The maximum absolute atomic E-state index is 12.9. The number of nitrogens with zero attached hydrogens (tertiary/aromatic N) is 3. The summed E-state index contributed by atoms with van der Waals surface area (Å²) in [4.78, 5) is 25.3. The van der Waals surface area contributed by atoms with E-state index in [4.69, 9.17) is 0 Å². The fourth-order valence-electron chi connectivity index (χ4n) is 3.65. The molecule has 2 heterocycles. The van der Waals surface area contributed by atoms with E-state index in [1.807, 2.05) is 6.92 Å². The van der Waals surface area contributed by atoms with Crippen LogP contribution < -0.4 is 10.9 Å². The van der Waals surface area contributed by atoms with E-state index in [2.05, 4.69) is 10.4 Å². The summed E-state index contributed by atoms with van der Waals surface area (Å²) in [5.74, 6) is 0.163. The van der Waals surface area contributed by atoms with Gasteiger partial charge in [-0.1, -0.05) is 25.7 Å². The molecular weight excluding hydrogens is 373 g/mol. The summed E-state index contributed by atoms with van der Waals surface area (Å²) in [6.07, 6.45) is 2.60. The Kier molecular flexibility index (Phi) is 5.90. The summed E-state index contributed by atoms with van der Waals surface area (Å²) in [5.41, 5.74) is -1.86. The highest BCUT2D eigenvalue weighted by Gasteiger charge is 2.33. The molecule has 0 aromatic carbocycles. The third-order valence-electron chi connectivity index (χ3n) is 5.16. The Bertz CT molecular complexity index is 882. The Balaban J connectivity index is 1.87. The Hall–Kier alpha value is -2.58. The molecule has 3 rings (SSSR count). The average molecular weight is 396 g/mol. The first kappa shape index (κ1) is 20.2. The number of hydrogen-bond donors (Lipinski definition) is 1. The minimum Gasteiger partial charge on any atom is -0.307 e. The van der Waals surface area contributed by atoms with Crippen LogP contribution in [-0.4, -0.2) is 20.3 Å². The van der Waals surface area contributed by atoms with Crippen LogP contribution in [0.2, 0.25) is 0 Å². The lowest BCUT2D eigenvalue weighted by Crippen LogP contribution is -2.34. The van der Waals surface area contributed by atoms with Gasteiger partial charge in [0.2, 0.25) is 5.91 Å². The van der Waals surface area contributed by atoms with Crippen molar-refractivity contribution in [2.24, 2.45) is 5.92 Å². The molecule has 1 aliphatic carbocycles. The summed E-state index contributed by atoms with van der Waals surface area (Å²) in [6, 6.07) is 2.14. The van der Waals surface area contributed by atoms with E-state index in [0.29, 0.717) is 24.8 Å². The molecular formula is C19H23F3N4O2. The predicted octanol–water partition coefficient (Wildman–Crippen LogP) is 3.84. The highest BCUT2D eigenvalue weighted by Crippen LogP contribution is 2.33. The van der Waals surface area contributed by atoms with Crippen molar-refractivity contribution < 1.29 is 18.0 Å². The SMILES string of the molecule is CCn1ccc(NC(=O)[C@H](CC2CCCC2)n2ccc(C(F)(F)F)cc2=O)n1. The lowest BCUT2D eigenvalue weighted by molar-refractivity contribution is -0.137. The molecule has 1 atom stereocenters. The second-order valence-corrected chi connectivity index (χ2v) is 7.11. The summed E-state index contributed by atoms with van der Waals surface area (Å²) in [7, 11) is 0. The van der Waals surface area contributed by atoms with Gasteiger partial charge in [-0.2, -0.15) is 18.3 Å². The third kappa shape index (κ3) is 4.63. The van der Waals surface area contributed by atoms with Gasteiger partial charge in [-0.3, -0.25) is 14.3 Å². The van der Waals surface area contributed by atoms with Gasteiger partial charge < -0.3 is 9.88 Å². The van der Waals surface area contributed by atoms with E-state index >= 15 is 0 Å². The zero-order valence-corrected chi connectivity index (χ0v) is 15.6. The van der Waals surface area contributed by atoms with Gasteiger partial charge in [0.25, 0.3) is 5.56 Å². The first-order chi connectivity index (χ1) is 13.3. The number of hydrogen-bond acceptors (Lipinski definition) is 3. The number of halogens is 3. The maximum Gasteiger partial charge on any atom is 0.416 e. The Labute approximate surface area is 160 Å². The number of carbonyl (C=O) groups excluding carboxylic acids is 1. The molecule has 0 spiro atoms. The molecule has 0 saturated heterocycles. The second kappa shape index (κ2) is 8.20. The third-order valence-corrected chi connectivity index (χ3v) is 5.16. The number of alkyl halides is 3. The number of anilines is 1. The lowest BCUT2D eigenvalue weighted by atomic mass is 9.97. The maximum atomic E-state index is 12.9. The van der Waals surface area contributed by atoms with Crippen molar-refractivity contribution in [3.8, 4) is 0 Å². The predicted molar refractivity (Wildman–Crippen MR) is 97.8 cm³/mol. The molecule has 2 aromatic heterocycles. The van der Waals surface area contributed by atoms with Gasteiger partial charge in [-0.05, 0) is 25.3 Å². The van der Waals surface area contributed by atoms with Crippen LogP contribution in [0.25, 0.3) is 0 Å². The van der Waals surface area contributed by atoms with Gasteiger partial charge in [0.1, 0.15) is 6.04 Å². The van der Waals surface area contributed by atoms with Gasteiger partial charge in [0.05, 0.1) is 5.56 Å². The summed E-state index contributed by atoms with van der Waals surface area (Å²) in [5, 5.41) is 6.88. The summed E-state index contributed by atoms with van der Waals surface area (Å²) < 4.78 is 41.4. The van der Waals surface area contributed by atoms with Crippen LogP contribution in [0.4, 0.5) is 19.0 Å². The van der Waals surface area contributed by atoms with Crippen LogP contribution in [0.15, 0.2) is 35.4 Å². The molecule has 1 N–H and O–H groups in total. The quantitative estimate of drug-likeness (QED) is 0.807. The molecule has 28 heavy (non-hydrogen) atoms. The topological polar surface area (TPSA) is 68.9 Å². The highest BCUT2D eigenvalue weighted by atomic mass is 19.4. The zero-order valence-electron chi connectivity index (χ0n) is 15.6. The fourth-order valence-corrected chi connectivity index (χ4v) is 3.65. The molecule has 1 saturated carbocycles. The van der Waals surface area contributed by atoms with Gasteiger partial charge in [0.15, 0.2) is 5.82 Å². The molecule has 0 aliphatic heterocycles. The van der Waals surface area contributed by atoms with Crippen LogP contribution in [0, 0.1) is 5.92 Å². The highest BCUT2D eigenvalue weighted by molar-refractivity contribution is 5.92. The number of carbonyl (C=O) groups is 1. The number of pyridine rings is 1. The molecule has 1 aliphatic rings. The lowest BCUT2D eigenvalue weighted by Gasteiger charge is -2.22. The van der Waals surface area contributed by atoms with Crippen LogP contribution >= 0.6 is 0 Å². The molecule has 2 aromatic rings. The molecule has 1 amide bonds. The zero-order chi connectivity index (χ0) is 20.3. The molecule has 0 radical (unpaired) electrons. The normalized spacial score (nSPS) is 16.3. The Morgan fingerprint density at radius 1 is 1.29 bits per heavy atom. The first-order valence-corrected chi connectivity index (χ1v) is 9.41. The second-order valence-electron chi connectivity index (χ2n) is 7.11. The Morgan fingerprint density at radius 2 is 2.00 bits per heavy atom. The van der Waals surface area contributed by atoms with Crippen molar-refractivity contribution in [2.45, 2.75) is 57.8 Å². The van der Waals surface area contributed by atoms with Crippen LogP contribution in [0.3, 0.4) is 0 Å². The van der Waals surface area contributed by atoms with Crippen LogP contribution in [0.1, 0.15) is 50.6 Å². The van der Waals surface area contributed by atoms with Gasteiger partial charge in [0, 0.05) is 31.1 Å². The van der Waals surface area contributed by atoms with Crippen molar-refractivity contribution in [3.63, 3.8) is 0 Å². The molecule has 9 heteroatoms. The fraction of sp³-hybridized carbons (Fsp3) is 0.526. The van der Waals surface area contributed by atoms with Gasteiger partial charge in [-0.25, -0.2) is 0 Å². The summed E-state index contributed by atoms with van der Waals surface area (Å²) >= 11 is 0. The van der Waals surface area contributed by atoms with Crippen LogP contribution in [-0.2, 0) is 17.5 Å². The minimum atomic E-state index is -4.60. The number of aryl methyl sites for hydroxylation is 1. The van der Waals surface area contributed by atoms with Crippen molar-refractivity contribution in [1.29, 1.82) is 0 Å². The summed E-state index contributed by atoms with van der Waals surface area (Å²) in [6.45, 7) is 2.54. The van der Waals surface area contributed by atoms with E-state index in [0.717, 1.165) is 42.5 Å². The standard InChI is InChI=1S/C19H23F3N4O2/c1-2-25-9-8-16(24-25)23-18(28)15(11-13-5-3-4-6-13)26-10-7-14(12-17(26)27)19(20,21)22/h7-10,12-13,15H,2-6,11H2,1H3,(H,23,24,28)/t15-/m0/s1. The first-order valence-electron chi connectivity index (χ1n) is 9.41. The van der Waals surface area contributed by atoms with E-state index in [1.54, 1.807) is 16.9 Å². The van der Waals surface area contributed by atoms with Crippen LogP contribution in [0.5, 0.6) is 0 Å². The van der Waals surface area contributed by atoms with Crippen molar-refractivity contribution in [1.82, 2.24) is 14.3 Å². The average Bonchev–Trinajstić information content (AvgIpc) is 3.30. The molecule has 1 fully saturated rings. The smallest absolute Gasteiger partial charge is 0.307 e. The van der Waals surface area contributed by atoms with Gasteiger partial charge in [-0.15, -0.1) is 0 Å². The van der Waals surface area contributed by atoms with Gasteiger partial charge >= 0.3 is 6.18 Å². The van der Waals surface area contributed by atoms with E-state index in [1.165, 1.54) is 0 Å². The molecule has 6 nitrogen and oxygen atoms in total. The molecule has 0 bridgehead atoms. The number of amides is 1. The van der Waals surface area contributed by atoms with Crippen molar-refractivity contribution >= 4 is 11.7 Å². The minimum absolute atomic E-state index is 0.262. The largest absolute Gasteiger partial charge is 0.416 e. The van der Waals surface area contributed by atoms with Crippen molar-refractivity contribution in [3.05, 3.63) is 46.5 Å². The number of nitrogens with one attached hydrogen (secondary N) is 1. The monoisotopic (exact) mass is 396 g/mol. The van der Waals surface area contributed by atoms with E-state index in [-0.39, 0.29) is 5.92 Å². The number of aromatic nitrogens is 3.